The van der Waals surface area contributed by atoms with Crippen molar-refractivity contribution < 1.29 is 22.9 Å². The summed E-state index contributed by atoms with van der Waals surface area (Å²) in [7, 11) is 0. The minimum absolute atomic E-state index is 0.00302. The number of anilines is 1. The molecule has 0 atom stereocenters. The second kappa shape index (κ2) is 8.52. The average molecular weight is 461 g/mol. The third-order valence-electron chi connectivity index (χ3n) is 4.34. The molecule has 0 unspecified atom stereocenters. The SMILES string of the molecule is O=C(Nc1cnn(Cc2cccc(C(F)(F)F)c2)c1)c1ccn(Cn2cnc([N+](=O)[O-])n2)n1. The normalized spacial score (nSPS) is 11.5. The number of halogens is 3. The molecule has 1 aromatic carbocycles. The van der Waals surface area contributed by atoms with Crippen molar-refractivity contribution in [2.45, 2.75) is 19.4 Å². The zero-order valence-electron chi connectivity index (χ0n) is 16.5. The zero-order valence-corrected chi connectivity index (χ0v) is 16.5. The van der Waals surface area contributed by atoms with Crippen LogP contribution in [-0.2, 0) is 19.4 Å². The second-order valence-corrected chi connectivity index (χ2v) is 6.80. The van der Waals surface area contributed by atoms with Gasteiger partial charge in [0, 0.05) is 17.5 Å². The lowest BCUT2D eigenvalue weighted by atomic mass is 10.1. The van der Waals surface area contributed by atoms with E-state index >= 15 is 0 Å². The van der Waals surface area contributed by atoms with Crippen LogP contribution in [0.1, 0.15) is 21.6 Å². The van der Waals surface area contributed by atoms with Crippen LogP contribution in [0.15, 0.2) is 55.2 Å². The van der Waals surface area contributed by atoms with Gasteiger partial charge in [-0.1, -0.05) is 17.1 Å². The van der Waals surface area contributed by atoms with Gasteiger partial charge in [-0.25, -0.2) is 4.68 Å². The van der Waals surface area contributed by atoms with Gasteiger partial charge >= 0.3 is 12.1 Å². The molecule has 0 spiro atoms. The lowest BCUT2D eigenvalue weighted by Gasteiger charge is -2.08. The molecule has 0 radical (unpaired) electrons. The highest BCUT2D eigenvalue weighted by molar-refractivity contribution is 6.02. The Balaban J connectivity index is 1.37. The van der Waals surface area contributed by atoms with Gasteiger partial charge in [-0.05, 0) is 28.7 Å². The number of carbonyl (C=O) groups excluding carboxylic acids is 1. The third kappa shape index (κ3) is 5.20. The number of aromatic nitrogens is 7. The maximum atomic E-state index is 12.9. The van der Waals surface area contributed by atoms with E-state index in [1.807, 2.05) is 0 Å². The van der Waals surface area contributed by atoms with Gasteiger partial charge in [0.1, 0.15) is 0 Å². The second-order valence-electron chi connectivity index (χ2n) is 6.80. The first-order valence-electron chi connectivity index (χ1n) is 9.24. The van der Waals surface area contributed by atoms with Crippen molar-refractivity contribution in [3.05, 3.63) is 82.2 Å². The van der Waals surface area contributed by atoms with Crippen LogP contribution in [0.4, 0.5) is 24.8 Å². The molecule has 0 aliphatic carbocycles. The topological polar surface area (TPSA) is 139 Å². The van der Waals surface area contributed by atoms with Gasteiger partial charge in [0.2, 0.25) is 6.33 Å². The molecule has 4 rings (SSSR count). The van der Waals surface area contributed by atoms with E-state index in [1.165, 1.54) is 51.1 Å². The quantitative estimate of drug-likeness (QED) is 0.329. The lowest BCUT2D eigenvalue weighted by molar-refractivity contribution is -0.394. The molecule has 1 N–H and O–H groups in total. The molecule has 0 bridgehead atoms. The molecule has 4 aromatic rings. The van der Waals surface area contributed by atoms with Crippen molar-refractivity contribution in [2.75, 3.05) is 5.32 Å². The Morgan fingerprint density at radius 1 is 1.15 bits per heavy atom. The molecule has 1 amide bonds. The van der Waals surface area contributed by atoms with Gasteiger partial charge in [-0.15, -0.1) is 0 Å². The van der Waals surface area contributed by atoms with Crippen LogP contribution in [0, 0.1) is 10.1 Å². The summed E-state index contributed by atoms with van der Waals surface area (Å²) in [5.41, 5.74) is 0.0401. The van der Waals surface area contributed by atoms with E-state index in [-0.39, 0.29) is 18.9 Å². The Morgan fingerprint density at radius 2 is 1.97 bits per heavy atom. The fraction of sp³-hybridized carbons (Fsp3) is 0.167. The molecular weight excluding hydrogens is 447 g/mol. The summed E-state index contributed by atoms with van der Waals surface area (Å²) in [6.07, 6.45) is 1.05. The molecule has 0 aliphatic rings. The highest BCUT2D eigenvalue weighted by atomic mass is 19.4. The van der Waals surface area contributed by atoms with E-state index in [4.69, 9.17) is 0 Å². The molecule has 33 heavy (non-hydrogen) atoms. The highest BCUT2D eigenvalue weighted by Crippen LogP contribution is 2.29. The van der Waals surface area contributed by atoms with Crippen LogP contribution in [0.25, 0.3) is 0 Å². The van der Waals surface area contributed by atoms with E-state index in [2.05, 4.69) is 25.6 Å². The molecule has 0 aliphatic heterocycles. The van der Waals surface area contributed by atoms with E-state index in [0.29, 0.717) is 11.3 Å². The smallest absolute Gasteiger partial charge is 0.390 e. The molecular formula is C18H14F3N9O3. The number of alkyl halides is 3. The molecule has 3 heterocycles. The van der Waals surface area contributed by atoms with Crippen molar-refractivity contribution in [1.29, 1.82) is 0 Å². The van der Waals surface area contributed by atoms with Crippen LogP contribution in [0.3, 0.4) is 0 Å². The Morgan fingerprint density at radius 3 is 2.70 bits per heavy atom. The standard InChI is InChI=1S/C18H14F3N9O3/c19-18(20,21)13-3-1-2-12(6-13)8-28-9-14(7-23-28)24-16(31)15-4-5-27(25-15)11-29-10-22-17(26-29)30(32)33/h1-7,9-10H,8,11H2,(H,24,31). The monoisotopic (exact) mass is 461 g/mol. The fourth-order valence-electron chi connectivity index (χ4n) is 2.89. The number of benzene rings is 1. The maximum absolute atomic E-state index is 12.9. The highest BCUT2D eigenvalue weighted by Gasteiger charge is 2.30. The molecule has 170 valence electrons. The number of nitro groups is 1. The van der Waals surface area contributed by atoms with Crippen LogP contribution in [-0.4, -0.2) is 45.2 Å². The number of amides is 1. The van der Waals surface area contributed by atoms with Gasteiger partial charge in [0.05, 0.1) is 24.0 Å². The first-order chi connectivity index (χ1) is 15.7. The van der Waals surface area contributed by atoms with Gasteiger partial charge in [-0.3, -0.25) is 9.48 Å². The van der Waals surface area contributed by atoms with Crippen molar-refractivity contribution in [2.24, 2.45) is 0 Å². The van der Waals surface area contributed by atoms with E-state index in [0.717, 1.165) is 12.1 Å². The summed E-state index contributed by atoms with van der Waals surface area (Å²) in [6, 6.07) is 6.33. The summed E-state index contributed by atoms with van der Waals surface area (Å²) in [5, 5.41) is 25.0. The Hall–Kier alpha value is -4.56. The van der Waals surface area contributed by atoms with E-state index in [1.54, 1.807) is 6.07 Å². The zero-order chi connectivity index (χ0) is 23.6. The Labute approximate surface area is 182 Å². The Bertz CT molecular complexity index is 1310. The summed E-state index contributed by atoms with van der Waals surface area (Å²) >= 11 is 0. The van der Waals surface area contributed by atoms with E-state index in [9.17, 15) is 28.1 Å². The molecule has 3 aromatic heterocycles. The molecule has 12 nitrogen and oxygen atoms in total. The van der Waals surface area contributed by atoms with Crippen molar-refractivity contribution in [3.63, 3.8) is 0 Å². The number of rotatable bonds is 7. The summed E-state index contributed by atoms with van der Waals surface area (Å²) in [4.78, 5) is 25.9. The predicted molar refractivity (Wildman–Crippen MR) is 105 cm³/mol. The Kier molecular flexibility index (Phi) is 5.60. The predicted octanol–water partition coefficient (Wildman–Crippen LogP) is 2.40. The number of nitrogens with zero attached hydrogens (tertiary/aromatic N) is 8. The number of hydrogen-bond acceptors (Lipinski definition) is 7. The molecule has 0 fully saturated rings. The first-order valence-corrected chi connectivity index (χ1v) is 9.24. The van der Waals surface area contributed by atoms with Gasteiger partial charge in [0.25, 0.3) is 5.91 Å². The van der Waals surface area contributed by atoms with Crippen molar-refractivity contribution in [3.8, 4) is 0 Å². The molecule has 0 saturated carbocycles. The van der Waals surface area contributed by atoms with Crippen molar-refractivity contribution in [1.82, 2.24) is 34.3 Å². The maximum Gasteiger partial charge on any atom is 0.491 e. The van der Waals surface area contributed by atoms with Gasteiger partial charge < -0.3 is 15.4 Å². The third-order valence-corrected chi connectivity index (χ3v) is 4.34. The first kappa shape index (κ1) is 21.7. The summed E-state index contributed by atoms with van der Waals surface area (Å²) < 4.78 is 42.5. The number of hydrogen-bond donors (Lipinski definition) is 1. The average Bonchev–Trinajstić information content (AvgIpc) is 3.50. The largest absolute Gasteiger partial charge is 0.491 e. The van der Waals surface area contributed by atoms with Gasteiger partial charge in [0.15, 0.2) is 12.4 Å². The fourth-order valence-corrected chi connectivity index (χ4v) is 2.89. The van der Waals surface area contributed by atoms with Crippen LogP contribution in [0.5, 0.6) is 0 Å². The minimum atomic E-state index is -4.44. The van der Waals surface area contributed by atoms with E-state index < -0.39 is 28.5 Å². The van der Waals surface area contributed by atoms with Crippen LogP contribution in [0.2, 0.25) is 0 Å². The molecule has 15 heteroatoms. The van der Waals surface area contributed by atoms with Crippen molar-refractivity contribution >= 4 is 17.5 Å². The minimum Gasteiger partial charge on any atom is -0.390 e. The van der Waals surface area contributed by atoms with Gasteiger partial charge in [-0.2, -0.15) is 28.1 Å². The number of carbonyl (C=O) groups is 1. The summed E-state index contributed by atoms with van der Waals surface area (Å²) in [6.45, 7) is 0.0848. The summed E-state index contributed by atoms with van der Waals surface area (Å²) in [5.74, 6) is -1.10. The molecule has 0 saturated heterocycles. The lowest BCUT2D eigenvalue weighted by Crippen LogP contribution is -2.14. The van der Waals surface area contributed by atoms with Crippen LogP contribution >= 0.6 is 0 Å². The van der Waals surface area contributed by atoms with Crippen LogP contribution < -0.4 is 5.32 Å². The number of nitrogens with one attached hydrogen (secondary N) is 1.